The molecule has 1 heterocycles. The third-order valence-corrected chi connectivity index (χ3v) is 3.24. The van der Waals surface area contributed by atoms with Crippen LogP contribution in [-0.2, 0) is 4.79 Å². The summed E-state index contributed by atoms with van der Waals surface area (Å²) >= 11 is 0. The van der Waals surface area contributed by atoms with E-state index in [2.05, 4.69) is 15.8 Å². The Bertz CT molecular complexity index is 775. The van der Waals surface area contributed by atoms with E-state index in [1.807, 2.05) is 6.07 Å². The number of nitrogens with one attached hydrogen (secondary N) is 2. The van der Waals surface area contributed by atoms with Gasteiger partial charge in [0, 0.05) is 5.56 Å². The summed E-state index contributed by atoms with van der Waals surface area (Å²) < 4.78 is 10.5. The normalized spacial score (nSPS) is 12.2. The SMILES string of the molecule is O=C(CNC(=O)c1ccccc1)N/N=C\c1ccc2c(c1)OCO2. The van der Waals surface area contributed by atoms with Crippen molar-refractivity contribution in [2.24, 2.45) is 5.10 Å². The minimum atomic E-state index is -0.420. The van der Waals surface area contributed by atoms with Crippen LogP contribution in [0.25, 0.3) is 0 Å². The molecule has 7 nitrogen and oxygen atoms in total. The van der Waals surface area contributed by atoms with Crippen LogP contribution in [0.4, 0.5) is 0 Å². The van der Waals surface area contributed by atoms with E-state index in [-0.39, 0.29) is 19.2 Å². The number of carbonyl (C=O) groups excluding carboxylic acids is 2. The van der Waals surface area contributed by atoms with Crippen molar-refractivity contribution in [1.29, 1.82) is 0 Å². The van der Waals surface area contributed by atoms with E-state index in [4.69, 9.17) is 9.47 Å². The van der Waals surface area contributed by atoms with Crippen molar-refractivity contribution in [2.75, 3.05) is 13.3 Å². The second-order valence-corrected chi connectivity index (χ2v) is 4.95. The quantitative estimate of drug-likeness (QED) is 0.640. The van der Waals surface area contributed by atoms with Gasteiger partial charge in [-0.05, 0) is 35.9 Å². The topological polar surface area (TPSA) is 89.0 Å². The molecule has 0 radical (unpaired) electrons. The largest absolute Gasteiger partial charge is 0.454 e. The number of rotatable bonds is 5. The molecule has 2 aromatic carbocycles. The molecule has 122 valence electrons. The lowest BCUT2D eigenvalue weighted by Crippen LogP contribution is -2.34. The fourth-order valence-corrected chi connectivity index (χ4v) is 2.06. The van der Waals surface area contributed by atoms with Gasteiger partial charge in [0.25, 0.3) is 11.8 Å². The Labute approximate surface area is 138 Å². The summed E-state index contributed by atoms with van der Waals surface area (Å²) in [5.41, 5.74) is 3.60. The van der Waals surface area contributed by atoms with Gasteiger partial charge in [0.1, 0.15) is 0 Å². The predicted molar refractivity (Wildman–Crippen MR) is 87.1 cm³/mol. The lowest BCUT2D eigenvalue weighted by molar-refractivity contribution is -0.120. The third-order valence-electron chi connectivity index (χ3n) is 3.24. The van der Waals surface area contributed by atoms with Crippen molar-refractivity contribution in [2.45, 2.75) is 0 Å². The minimum Gasteiger partial charge on any atom is -0.454 e. The molecule has 0 saturated heterocycles. The van der Waals surface area contributed by atoms with Crippen LogP contribution in [0.1, 0.15) is 15.9 Å². The first-order chi connectivity index (χ1) is 11.7. The van der Waals surface area contributed by atoms with Gasteiger partial charge in [0.15, 0.2) is 11.5 Å². The van der Waals surface area contributed by atoms with Gasteiger partial charge in [-0.25, -0.2) is 5.43 Å². The number of fused-ring (bicyclic) bond motifs is 1. The van der Waals surface area contributed by atoms with Gasteiger partial charge in [0.2, 0.25) is 6.79 Å². The summed E-state index contributed by atoms with van der Waals surface area (Å²) in [6, 6.07) is 14.0. The minimum absolute atomic E-state index is 0.161. The van der Waals surface area contributed by atoms with E-state index in [0.29, 0.717) is 17.1 Å². The third kappa shape index (κ3) is 3.89. The highest BCUT2D eigenvalue weighted by atomic mass is 16.7. The van der Waals surface area contributed by atoms with Crippen molar-refractivity contribution in [3.05, 3.63) is 59.7 Å². The maximum atomic E-state index is 11.8. The molecule has 0 saturated carbocycles. The summed E-state index contributed by atoms with van der Waals surface area (Å²) in [4.78, 5) is 23.5. The van der Waals surface area contributed by atoms with Gasteiger partial charge < -0.3 is 14.8 Å². The first-order valence-corrected chi connectivity index (χ1v) is 7.27. The molecule has 0 atom stereocenters. The second-order valence-electron chi connectivity index (χ2n) is 4.95. The smallest absolute Gasteiger partial charge is 0.259 e. The van der Waals surface area contributed by atoms with Crippen molar-refractivity contribution < 1.29 is 19.1 Å². The first kappa shape index (κ1) is 15.5. The second kappa shape index (κ2) is 7.28. The Morgan fingerprint density at radius 2 is 1.88 bits per heavy atom. The average molecular weight is 325 g/mol. The number of ether oxygens (including phenoxy) is 2. The summed E-state index contributed by atoms with van der Waals surface area (Å²) in [5.74, 6) is 0.585. The predicted octanol–water partition coefficient (Wildman–Crippen LogP) is 1.30. The Morgan fingerprint density at radius 1 is 1.08 bits per heavy atom. The molecule has 0 unspecified atom stereocenters. The van der Waals surface area contributed by atoms with Crippen LogP contribution in [0.5, 0.6) is 11.5 Å². The van der Waals surface area contributed by atoms with Gasteiger partial charge in [-0.1, -0.05) is 18.2 Å². The zero-order chi connectivity index (χ0) is 16.8. The number of benzene rings is 2. The Morgan fingerprint density at radius 3 is 2.71 bits per heavy atom. The highest BCUT2D eigenvalue weighted by Gasteiger charge is 2.12. The maximum Gasteiger partial charge on any atom is 0.259 e. The zero-order valence-electron chi connectivity index (χ0n) is 12.7. The highest BCUT2D eigenvalue weighted by molar-refractivity contribution is 5.96. The van der Waals surface area contributed by atoms with E-state index in [1.54, 1.807) is 42.5 Å². The molecule has 0 aromatic heterocycles. The Balaban J connectivity index is 1.46. The number of amides is 2. The van der Waals surface area contributed by atoms with Gasteiger partial charge in [-0.15, -0.1) is 0 Å². The van der Waals surface area contributed by atoms with Crippen molar-refractivity contribution in [3.8, 4) is 11.5 Å². The monoisotopic (exact) mass is 325 g/mol. The van der Waals surface area contributed by atoms with E-state index in [9.17, 15) is 9.59 Å². The van der Waals surface area contributed by atoms with Crippen LogP contribution in [0.15, 0.2) is 53.6 Å². The lowest BCUT2D eigenvalue weighted by Gasteiger charge is -2.04. The molecule has 24 heavy (non-hydrogen) atoms. The maximum absolute atomic E-state index is 11.8. The number of hydrogen-bond acceptors (Lipinski definition) is 5. The standard InChI is InChI=1S/C17H15N3O4/c21-16(10-18-17(22)13-4-2-1-3-5-13)20-19-9-12-6-7-14-15(8-12)24-11-23-14/h1-9H,10-11H2,(H,18,22)(H,20,21)/b19-9-. The van der Waals surface area contributed by atoms with E-state index >= 15 is 0 Å². The van der Waals surface area contributed by atoms with E-state index < -0.39 is 5.91 Å². The van der Waals surface area contributed by atoms with Gasteiger partial charge in [0.05, 0.1) is 12.8 Å². The number of hydrazone groups is 1. The average Bonchev–Trinajstić information content (AvgIpc) is 3.08. The summed E-state index contributed by atoms with van der Waals surface area (Å²) in [5, 5.41) is 6.37. The molecule has 2 N–H and O–H groups in total. The fraction of sp³-hybridized carbons (Fsp3) is 0.118. The highest BCUT2D eigenvalue weighted by Crippen LogP contribution is 2.31. The van der Waals surface area contributed by atoms with Crippen molar-refractivity contribution >= 4 is 18.0 Å². The zero-order valence-corrected chi connectivity index (χ0v) is 12.7. The number of nitrogens with zero attached hydrogens (tertiary/aromatic N) is 1. The lowest BCUT2D eigenvalue weighted by atomic mass is 10.2. The molecule has 1 aliphatic heterocycles. The molecule has 1 aliphatic rings. The summed E-state index contributed by atoms with van der Waals surface area (Å²) in [6.07, 6.45) is 1.48. The van der Waals surface area contributed by atoms with Gasteiger partial charge in [-0.2, -0.15) is 5.10 Å². The van der Waals surface area contributed by atoms with Gasteiger partial charge in [-0.3, -0.25) is 9.59 Å². The molecule has 0 spiro atoms. The Hall–Kier alpha value is -3.35. The number of carbonyl (C=O) groups is 2. The van der Waals surface area contributed by atoms with Crippen LogP contribution in [0.3, 0.4) is 0 Å². The molecular weight excluding hydrogens is 310 g/mol. The molecule has 3 rings (SSSR count). The fourth-order valence-electron chi connectivity index (χ4n) is 2.06. The molecule has 7 heteroatoms. The molecule has 2 amide bonds. The van der Waals surface area contributed by atoms with Crippen molar-refractivity contribution in [1.82, 2.24) is 10.7 Å². The van der Waals surface area contributed by atoms with Crippen molar-refractivity contribution in [3.63, 3.8) is 0 Å². The van der Waals surface area contributed by atoms with Crippen LogP contribution < -0.4 is 20.2 Å². The van der Waals surface area contributed by atoms with E-state index in [0.717, 1.165) is 5.56 Å². The van der Waals surface area contributed by atoms with Gasteiger partial charge >= 0.3 is 0 Å². The van der Waals surface area contributed by atoms with Crippen LogP contribution in [0, 0.1) is 0 Å². The molecule has 2 aromatic rings. The van der Waals surface area contributed by atoms with Crippen LogP contribution >= 0.6 is 0 Å². The van der Waals surface area contributed by atoms with E-state index in [1.165, 1.54) is 6.21 Å². The summed E-state index contributed by atoms with van der Waals surface area (Å²) in [7, 11) is 0. The summed E-state index contributed by atoms with van der Waals surface area (Å²) in [6.45, 7) is 0.0417. The molecule has 0 fully saturated rings. The molecule has 0 bridgehead atoms. The Kier molecular flexibility index (Phi) is 4.71. The molecule has 0 aliphatic carbocycles. The molecular formula is C17H15N3O4. The van der Waals surface area contributed by atoms with Crippen LogP contribution in [0.2, 0.25) is 0 Å². The first-order valence-electron chi connectivity index (χ1n) is 7.27. The van der Waals surface area contributed by atoms with Crippen LogP contribution in [-0.4, -0.2) is 31.4 Å². The number of hydrogen-bond donors (Lipinski definition) is 2.